The molecule has 1 amide bonds. The van der Waals surface area contributed by atoms with Crippen LogP contribution in [0.5, 0.6) is 5.75 Å². The van der Waals surface area contributed by atoms with Crippen molar-refractivity contribution in [1.82, 2.24) is 10.2 Å². The Balaban J connectivity index is 0.00000180. The molecular formula is C13H18ClFN2O2. The van der Waals surface area contributed by atoms with E-state index < -0.39 is 5.82 Å². The molecule has 0 bridgehead atoms. The fourth-order valence-electron chi connectivity index (χ4n) is 2.08. The van der Waals surface area contributed by atoms with E-state index in [4.69, 9.17) is 4.74 Å². The zero-order valence-electron chi connectivity index (χ0n) is 11.0. The molecule has 1 atom stereocenters. The summed E-state index contributed by atoms with van der Waals surface area (Å²) in [5.41, 5.74) is 0.102. The lowest BCUT2D eigenvalue weighted by Crippen LogP contribution is -2.51. The lowest BCUT2D eigenvalue weighted by molar-refractivity contribution is 0.0704. The highest BCUT2D eigenvalue weighted by Crippen LogP contribution is 2.18. The Hall–Kier alpha value is -1.33. The molecule has 1 unspecified atom stereocenters. The number of piperazine rings is 1. The van der Waals surface area contributed by atoms with Crippen LogP contribution in [0.1, 0.15) is 17.3 Å². The van der Waals surface area contributed by atoms with E-state index in [1.807, 2.05) is 6.92 Å². The maximum absolute atomic E-state index is 13.8. The lowest BCUT2D eigenvalue weighted by Gasteiger charge is -2.32. The molecule has 0 aromatic heterocycles. The molecule has 1 aromatic carbocycles. The smallest absolute Gasteiger partial charge is 0.256 e. The Morgan fingerprint density at radius 1 is 1.53 bits per heavy atom. The molecule has 0 spiro atoms. The molecule has 1 aliphatic heterocycles. The van der Waals surface area contributed by atoms with Gasteiger partial charge in [-0.15, -0.1) is 12.4 Å². The Morgan fingerprint density at radius 3 is 2.84 bits per heavy atom. The number of hydrogen-bond acceptors (Lipinski definition) is 3. The van der Waals surface area contributed by atoms with Gasteiger partial charge in [-0.2, -0.15) is 0 Å². The number of carbonyl (C=O) groups is 1. The molecule has 106 valence electrons. The molecule has 0 saturated carbocycles. The van der Waals surface area contributed by atoms with Gasteiger partial charge < -0.3 is 15.0 Å². The first-order chi connectivity index (χ1) is 8.61. The number of methoxy groups -OCH3 is 1. The second-order valence-electron chi connectivity index (χ2n) is 4.45. The molecule has 1 aliphatic rings. The number of ether oxygens (including phenoxy) is 1. The zero-order valence-corrected chi connectivity index (χ0v) is 11.8. The predicted molar refractivity (Wildman–Crippen MR) is 73.6 cm³/mol. The van der Waals surface area contributed by atoms with Gasteiger partial charge in [-0.25, -0.2) is 4.39 Å². The van der Waals surface area contributed by atoms with Gasteiger partial charge in [0, 0.05) is 31.7 Å². The quantitative estimate of drug-likeness (QED) is 0.900. The van der Waals surface area contributed by atoms with Crippen molar-refractivity contribution in [3.63, 3.8) is 0 Å². The standard InChI is InChI=1S/C13H17FN2O2.ClH/c1-9-8-16(6-5-15-9)13(17)11-4-3-10(18-2)7-12(11)14;/h3-4,7,9,15H,5-6,8H2,1-2H3;1H. The normalized spacial score (nSPS) is 18.7. The van der Waals surface area contributed by atoms with Crippen LogP contribution < -0.4 is 10.1 Å². The van der Waals surface area contributed by atoms with Crippen LogP contribution >= 0.6 is 12.4 Å². The van der Waals surface area contributed by atoms with Crippen molar-refractivity contribution in [3.8, 4) is 5.75 Å². The monoisotopic (exact) mass is 288 g/mol. The summed E-state index contributed by atoms with van der Waals surface area (Å²) < 4.78 is 18.7. The summed E-state index contributed by atoms with van der Waals surface area (Å²) in [5, 5.41) is 3.24. The molecule has 2 rings (SSSR count). The maximum atomic E-state index is 13.8. The highest BCUT2D eigenvalue weighted by Gasteiger charge is 2.23. The second kappa shape index (κ2) is 6.73. The Morgan fingerprint density at radius 2 is 2.26 bits per heavy atom. The molecule has 1 heterocycles. The van der Waals surface area contributed by atoms with Crippen molar-refractivity contribution >= 4 is 18.3 Å². The molecule has 1 saturated heterocycles. The summed E-state index contributed by atoms with van der Waals surface area (Å²) in [6.07, 6.45) is 0. The van der Waals surface area contributed by atoms with Crippen molar-refractivity contribution in [3.05, 3.63) is 29.6 Å². The predicted octanol–water partition coefficient (Wildman–Crippen LogP) is 1.69. The van der Waals surface area contributed by atoms with Crippen LogP contribution in [0.3, 0.4) is 0 Å². The van der Waals surface area contributed by atoms with Gasteiger partial charge in [-0.1, -0.05) is 0 Å². The van der Waals surface area contributed by atoms with E-state index in [1.54, 1.807) is 11.0 Å². The summed E-state index contributed by atoms with van der Waals surface area (Å²) in [7, 11) is 1.47. The maximum Gasteiger partial charge on any atom is 0.256 e. The molecular weight excluding hydrogens is 271 g/mol. The number of amides is 1. The molecule has 1 fully saturated rings. The van der Waals surface area contributed by atoms with Gasteiger partial charge in [0.15, 0.2) is 0 Å². The van der Waals surface area contributed by atoms with Crippen molar-refractivity contribution < 1.29 is 13.9 Å². The van der Waals surface area contributed by atoms with Crippen molar-refractivity contribution in [2.75, 3.05) is 26.7 Å². The Bertz CT molecular complexity index is 456. The van der Waals surface area contributed by atoms with Crippen molar-refractivity contribution in [1.29, 1.82) is 0 Å². The highest BCUT2D eigenvalue weighted by molar-refractivity contribution is 5.94. The highest BCUT2D eigenvalue weighted by atomic mass is 35.5. The van der Waals surface area contributed by atoms with E-state index in [2.05, 4.69) is 5.32 Å². The second-order valence-corrected chi connectivity index (χ2v) is 4.45. The Labute approximate surface area is 118 Å². The first-order valence-electron chi connectivity index (χ1n) is 5.98. The van der Waals surface area contributed by atoms with E-state index in [9.17, 15) is 9.18 Å². The van der Waals surface area contributed by atoms with Gasteiger partial charge in [0.25, 0.3) is 5.91 Å². The average molecular weight is 289 g/mol. The van der Waals surface area contributed by atoms with Crippen molar-refractivity contribution in [2.24, 2.45) is 0 Å². The fraction of sp³-hybridized carbons (Fsp3) is 0.462. The van der Waals surface area contributed by atoms with Gasteiger partial charge in [0.05, 0.1) is 12.7 Å². The zero-order chi connectivity index (χ0) is 13.1. The summed E-state index contributed by atoms with van der Waals surface area (Å²) in [4.78, 5) is 13.9. The van der Waals surface area contributed by atoms with Crippen LogP contribution in [0.15, 0.2) is 18.2 Å². The third-order valence-corrected chi connectivity index (χ3v) is 3.06. The largest absolute Gasteiger partial charge is 0.497 e. The molecule has 0 radical (unpaired) electrons. The van der Waals surface area contributed by atoms with E-state index in [0.717, 1.165) is 6.54 Å². The van der Waals surface area contributed by atoms with E-state index in [1.165, 1.54) is 19.2 Å². The number of rotatable bonds is 2. The third-order valence-electron chi connectivity index (χ3n) is 3.06. The molecule has 6 heteroatoms. The van der Waals surface area contributed by atoms with Crippen molar-refractivity contribution in [2.45, 2.75) is 13.0 Å². The summed E-state index contributed by atoms with van der Waals surface area (Å²) in [6.45, 7) is 3.95. The minimum absolute atomic E-state index is 0. The first-order valence-corrected chi connectivity index (χ1v) is 5.98. The topological polar surface area (TPSA) is 41.6 Å². The number of nitrogens with zero attached hydrogens (tertiary/aromatic N) is 1. The van der Waals surface area contributed by atoms with E-state index >= 15 is 0 Å². The number of hydrogen-bond donors (Lipinski definition) is 1. The van der Waals surface area contributed by atoms with Gasteiger partial charge in [-0.05, 0) is 19.1 Å². The fourth-order valence-corrected chi connectivity index (χ4v) is 2.08. The summed E-state index contributed by atoms with van der Waals surface area (Å²) in [6, 6.07) is 4.55. The number of carbonyl (C=O) groups excluding carboxylic acids is 1. The number of benzene rings is 1. The minimum Gasteiger partial charge on any atom is -0.497 e. The van der Waals surface area contributed by atoms with Crippen LogP contribution in [0.25, 0.3) is 0 Å². The minimum atomic E-state index is -0.537. The van der Waals surface area contributed by atoms with Crippen LogP contribution in [0.2, 0.25) is 0 Å². The van der Waals surface area contributed by atoms with Gasteiger partial charge >= 0.3 is 0 Å². The van der Waals surface area contributed by atoms with Crippen LogP contribution in [-0.2, 0) is 0 Å². The molecule has 1 N–H and O–H groups in total. The number of halogens is 2. The molecule has 0 aliphatic carbocycles. The van der Waals surface area contributed by atoms with E-state index in [0.29, 0.717) is 18.8 Å². The summed E-state index contributed by atoms with van der Waals surface area (Å²) >= 11 is 0. The molecule has 1 aromatic rings. The van der Waals surface area contributed by atoms with Crippen LogP contribution in [-0.4, -0.2) is 43.6 Å². The SMILES string of the molecule is COc1ccc(C(=O)N2CCNC(C)C2)c(F)c1.Cl. The Kier molecular flexibility index (Phi) is 5.57. The average Bonchev–Trinajstić information content (AvgIpc) is 2.37. The summed E-state index contributed by atoms with van der Waals surface area (Å²) in [5.74, 6) is -0.383. The molecule has 19 heavy (non-hydrogen) atoms. The van der Waals surface area contributed by atoms with Gasteiger partial charge in [0.2, 0.25) is 0 Å². The lowest BCUT2D eigenvalue weighted by atomic mass is 10.1. The van der Waals surface area contributed by atoms with Gasteiger partial charge in [-0.3, -0.25) is 4.79 Å². The molecule has 4 nitrogen and oxygen atoms in total. The van der Waals surface area contributed by atoms with Gasteiger partial charge in [0.1, 0.15) is 11.6 Å². The van der Waals surface area contributed by atoms with Crippen LogP contribution in [0, 0.1) is 5.82 Å². The third kappa shape index (κ3) is 3.58. The van der Waals surface area contributed by atoms with Crippen LogP contribution in [0.4, 0.5) is 4.39 Å². The first kappa shape index (κ1) is 15.7. The van der Waals surface area contributed by atoms with E-state index in [-0.39, 0.29) is 29.9 Å². The number of nitrogens with one attached hydrogen (secondary N) is 1.